The molecule has 4 rings (SSSR count). The molecule has 2 aromatic carbocycles. The normalized spacial score (nSPS) is 17.8. The Hall–Kier alpha value is -2.79. The Morgan fingerprint density at radius 1 is 1.00 bits per heavy atom. The second kappa shape index (κ2) is 10.4. The molecule has 0 N–H and O–H groups in total. The highest BCUT2D eigenvalue weighted by Gasteiger charge is 2.24. The molecular weight excluding hydrogens is 414 g/mol. The lowest BCUT2D eigenvalue weighted by Gasteiger charge is -2.26. The molecule has 2 aromatic rings. The van der Waals surface area contributed by atoms with Crippen LogP contribution < -0.4 is 14.2 Å². The fraction of sp³-hybridized carbons (Fsp3) is 0.464. The van der Waals surface area contributed by atoms with Crippen molar-refractivity contribution in [2.24, 2.45) is 5.41 Å². The molecule has 1 saturated heterocycles. The molecule has 2 heterocycles. The fourth-order valence-corrected chi connectivity index (χ4v) is 4.03. The molecule has 0 radical (unpaired) electrons. The number of esters is 1. The molecule has 0 bridgehead atoms. The molecule has 0 saturated carbocycles. The van der Waals surface area contributed by atoms with Crippen LogP contribution in [-0.4, -0.2) is 37.1 Å². The van der Waals surface area contributed by atoms with Gasteiger partial charge < -0.3 is 14.2 Å². The van der Waals surface area contributed by atoms with Crippen LogP contribution in [0.3, 0.4) is 0 Å². The van der Waals surface area contributed by atoms with Gasteiger partial charge in [0.05, 0.1) is 5.41 Å². The number of carbonyl (C=O) groups excluding carboxylic acids is 1. The third-order valence-corrected chi connectivity index (χ3v) is 6.08. The maximum Gasteiger partial charge on any atom is 0.316 e. The fourth-order valence-electron chi connectivity index (χ4n) is 4.03. The van der Waals surface area contributed by atoms with Crippen molar-refractivity contribution in [2.75, 3.05) is 26.2 Å². The zero-order valence-electron chi connectivity index (χ0n) is 20.1. The number of rotatable bonds is 6. The predicted octanol–water partition coefficient (Wildman–Crippen LogP) is 5.87. The highest BCUT2D eigenvalue weighted by Crippen LogP contribution is 2.34. The largest absolute Gasteiger partial charge is 0.492 e. The van der Waals surface area contributed by atoms with E-state index >= 15 is 0 Å². The number of carbonyl (C=O) groups is 1. The number of likely N-dealkylation sites (tertiary alicyclic amines) is 1. The number of nitrogens with zero attached hydrogens (tertiary/aromatic N) is 1. The Bertz CT molecular complexity index is 982. The van der Waals surface area contributed by atoms with Crippen molar-refractivity contribution < 1.29 is 19.0 Å². The SMILES string of the molecule is CC(C)(C)C(=O)Oc1ccc2c(c1)OC(=Cc1ccc(OCCN3CCCCC3)cc1)CC2. The van der Waals surface area contributed by atoms with Gasteiger partial charge in [-0.15, -0.1) is 0 Å². The van der Waals surface area contributed by atoms with Crippen molar-refractivity contribution in [3.05, 3.63) is 59.4 Å². The molecule has 1 fully saturated rings. The van der Waals surface area contributed by atoms with Crippen LogP contribution >= 0.6 is 0 Å². The van der Waals surface area contributed by atoms with E-state index in [1.165, 1.54) is 32.4 Å². The van der Waals surface area contributed by atoms with Gasteiger partial charge in [0.1, 0.15) is 29.6 Å². The van der Waals surface area contributed by atoms with E-state index < -0.39 is 5.41 Å². The van der Waals surface area contributed by atoms with Gasteiger partial charge in [-0.25, -0.2) is 0 Å². The summed E-state index contributed by atoms with van der Waals surface area (Å²) in [7, 11) is 0. The summed E-state index contributed by atoms with van der Waals surface area (Å²) in [6.07, 6.45) is 7.76. The first kappa shape index (κ1) is 23.4. The first-order valence-corrected chi connectivity index (χ1v) is 12.1. The Balaban J connectivity index is 1.33. The summed E-state index contributed by atoms with van der Waals surface area (Å²) in [4.78, 5) is 14.7. The highest BCUT2D eigenvalue weighted by molar-refractivity contribution is 5.78. The lowest BCUT2D eigenvalue weighted by molar-refractivity contribution is -0.143. The molecule has 2 aliphatic rings. The van der Waals surface area contributed by atoms with Crippen LogP contribution in [-0.2, 0) is 11.2 Å². The molecule has 0 amide bonds. The van der Waals surface area contributed by atoms with Crippen molar-refractivity contribution in [2.45, 2.75) is 52.9 Å². The number of hydrogen-bond donors (Lipinski definition) is 0. The second-order valence-electron chi connectivity index (χ2n) is 9.94. The van der Waals surface area contributed by atoms with E-state index in [1.807, 2.05) is 51.1 Å². The Morgan fingerprint density at radius 3 is 2.45 bits per heavy atom. The van der Waals surface area contributed by atoms with E-state index in [9.17, 15) is 4.79 Å². The van der Waals surface area contributed by atoms with Crippen LogP contribution in [0.1, 0.15) is 57.6 Å². The van der Waals surface area contributed by atoms with Gasteiger partial charge in [0, 0.05) is 19.0 Å². The topological polar surface area (TPSA) is 48.0 Å². The molecular formula is C28H35NO4. The van der Waals surface area contributed by atoms with Crippen molar-refractivity contribution in [3.8, 4) is 17.2 Å². The average molecular weight is 450 g/mol. The lowest BCUT2D eigenvalue weighted by Crippen LogP contribution is -2.33. The Morgan fingerprint density at radius 2 is 1.73 bits per heavy atom. The summed E-state index contributed by atoms with van der Waals surface area (Å²) >= 11 is 0. The molecule has 33 heavy (non-hydrogen) atoms. The number of hydrogen-bond acceptors (Lipinski definition) is 5. The predicted molar refractivity (Wildman–Crippen MR) is 131 cm³/mol. The van der Waals surface area contributed by atoms with Gasteiger partial charge in [-0.1, -0.05) is 24.6 Å². The minimum atomic E-state index is -0.550. The number of benzene rings is 2. The van der Waals surface area contributed by atoms with Crippen molar-refractivity contribution >= 4 is 12.0 Å². The lowest BCUT2D eigenvalue weighted by atomic mass is 9.97. The van der Waals surface area contributed by atoms with E-state index in [-0.39, 0.29) is 5.97 Å². The molecule has 0 atom stereocenters. The molecule has 5 heteroatoms. The number of aryl methyl sites for hydroxylation is 1. The average Bonchev–Trinajstić information content (AvgIpc) is 2.80. The van der Waals surface area contributed by atoms with Gasteiger partial charge >= 0.3 is 5.97 Å². The summed E-state index contributed by atoms with van der Waals surface area (Å²) < 4.78 is 17.6. The highest BCUT2D eigenvalue weighted by atomic mass is 16.5. The maximum atomic E-state index is 12.2. The van der Waals surface area contributed by atoms with Crippen molar-refractivity contribution in [1.82, 2.24) is 4.90 Å². The number of ether oxygens (including phenoxy) is 3. The van der Waals surface area contributed by atoms with E-state index in [0.29, 0.717) is 5.75 Å². The van der Waals surface area contributed by atoms with Gasteiger partial charge in [0.2, 0.25) is 0 Å². The van der Waals surface area contributed by atoms with Crippen LogP contribution in [0.4, 0.5) is 0 Å². The van der Waals surface area contributed by atoms with Gasteiger partial charge in [0.25, 0.3) is 0 Å². The Labute approximate surface area is 197 Å². The Kier molecular flexibility index (Phi) is 7.39. The summed E-state index contributed by atoms with van der Waals surface area (Å²) in [5.41, 5.74) is 1.65. The number of allylic oxidation sites excluding steroid dienone is 1. The number of piperidine rings is 1. The zero-order chi connectivity index (χ0) is 23.3. The first-order chi connectivity index (χ1) is 15.9. The van der Waals surface area contributed by atoms with Gasteiger partial charge in [-0.3, -0.25) is 9.69 Å². The van der Waals surface area contributed by atoms with E-state index in [2.05, 4.69) is 23.1 Å². The summed E-state index contributed by atoms with van der Waals surface area (Å²) in [5, 5.41) is 0. The van der Waals surface area contributed by atoms with E-state index in [1.54, 1.807) is 0 Å². The standard InChI is InChI=1S/C28H35NO4/c1-28(2,3)27(30)33-25-14-10-22-9-13-24(32-26(22)20-25)19-21-7-11-23(12-8-21)31-18-17-29-15-5-4-6-16-29/h7-8,10-12,14,19-20H,4-6,9,13,15-18H2,1-3H3. The minimum absolute atomic E-state index is 0.257. The van der Waals surface area contributed by atoms with Crippen LogP contribution in [0.25, 0.3) is 6.08 Å². The molecule has 0 unspecified atom stereocenters. The van der Waals surface area contributed by atoms with Gasteiger partial charge in [-0.2, -0.15) is 0 Å². The van der Waals surface area contributed by atoms with Gasteiger partial charge in [0.15, 0.2) is 0 Å². The van der Waals surface area contributed by atoms with Crippen molar-refractivity contribution in [1.29, 1.82) is 0 Å². The zero-order valence-corrected chi connectivity index (χ0v) is 20.1. The van der Waals surface area contributed by atoms with Crippen LogP contribution in [0.15, 0.2) is 48.2 Å². The van der Waals surface area contributed by atoms with E-state index in [4.69, 9.17) is 14.2 Å². The smallest absolute Gasteiger partial charge is 0.316 e. The van der Waals surface area contributed by atoms with Crippen LogP contribution in [0, 0.1) is 5.41 Å². The second-order valence-corrected chi connectivity index (χ2v) is 9.94. The number of fused-ring (bicyclic) bond motifs is 1. The van der Waals surface area contributed by atoms with Crippen LogP contribution in [0.5, 0.6) is 17.2 Å². The molecule has 176 valence electrons. The van der Waals surface area contributed by atoms with Crippen molar-refractivity contribution in [3.63, 3.8) is 0 Å². The molecule has 2 aliphatic heterocycles. The minimum Gasteiger partial charge on any atom is -0.492 e. The first-order valence-electron chi connectivity index (χ1n) is 12.1. The van der Waals surface area contributed by atoms with E-state index in [0.717, 1.165) is 54.4 Å². The summed E-state index contributed by atoms with van der Waals surface area (Å²) in [6.45, 7) is 9.63. The third-order valence-electron chi connectivity index (χ3n) is 6.08. The summed E-state index contributed by atoms with van der Waals surface area (Å²) in [5.74, 6) is 2.81. The molecule has 0 spiro atoms. The molecule has 0 aliphatic carbocycles. The molecule has 0 aromatic heterocycles. The van der Waals surface area contributed by atoms with Crippen LogP contribution in [0.2, 0.25) is 0 Å². The van der Waals surface area contributed by atoms with Gasteiger partial charge in [-0.05, 0) is 88.5 Å². The summed E-state index contributed by atoms with van der Waals surface area (Å²) in [6, 6.07) is 13.8. The maximum absolute atomic E-state index is 12.2. The third kappa shape index (κ3) is 6.61. The quantitative estimate of drug-likeness (QED) is 0.408. The monoisotopic (exact) mass is 449 g/mol. The molecule has 5 nitrogen and oxygen atoms in total.